The van der Waals surface area contributed by atoms with Gasteiger partial charge in [0.05, 0.1) is 12.2 Å². The summed E-state index contributed by atoms with van der Waals surface area (Å²) in [5.41, 5.74) is 0.309. The fourth-order valence-electron chi connectivity index (χ4n) is 4.16. The molecule has 1 aliphatic heterocycles. The summed E-state index contributed by atoms with van der Waals surface area (Å²) >= 11 is 0. The SMILES string of the molecule is CC(C)CC1(CN2CNC3(CC3)C2=O)CCCC1. The van der Waals surface area contributed by atoms with Crippen molar-refractivity contribution in [1.82, 2.24) is 10.2 Å². The van der Waals surface area contributed by atoms with E-state index in [2.05, 4.69) is 24.1 Å². The van der Waals surface area contributed by atoms with Crippen LogP contribution in [-0.4, -0.2) is 29.6 Å². The van der Waals surface area contributed by atoms with Gasteiger partial charge in [-0.1, -0.05) is 26.7 Å². The average Bonchev–Trinajstić information content (AvgIpc) is 2.88. The highest BCUT2D eigenvalue weighted by Gasteiger charge is 2.56. The summed E-state index contributed by atoms with van der Waals surface area (Å²) in [4.78, 5) is 14.5. The molecular weight excluding hydrogens is 224 g/mol. The lowest BCUT2D eigenvalue weighted by Gasteiger charge is -2.35. The van der Waals surface area contributed by atoms with E-state index in [-0.39, 0.29) is 5.54 Å². The molecule has 0 aromatic heterocycles. The number of hydrogen-bond donors (Lipinski definition) is 1. The number of carbonyl (C=O) groups excluding carboxylic acids is 1. The molecule has 3 nitrogen and oxygen atoms in total. The van der Waals surface area contributed by atoms with E-state index < -0.39 is 0 Å². The zero-order valence-electron chi connectivity index (χ0n) is 11.8. The lowest BCUT2D eigenvalue weighted by molar-refractivity contribution is -0.131. The number of hydrogen-bond acceptors (Lipinski definition) is 2. The third kappa shape index (κ3) is 2.07. The van der Waals surface area contributed by atoms with Gasteiger partial charge in [-0.2, -0.15) is 0 Å². The minimum Gasteiger partial charge on any atom is -0.328 e. The molecule has 0 bridgehead atoms. The van der Waals surface area contributed by atoms with Crippen LogP contribution < -0.4 is 5.32 Å². The van der Waals surface area contributed by atoms with Gasteiger partial charge in [0.1, 0.15) is 0 Å². The molecule has 18 heavy (non-hydrogen) atoms. The van der Waals surface area contributed by atoms with Crippen molar-refractivity contribution < 1.29 is 4.79 Å². The summed E-state index contributed by atoms with van der Waals surface area (Å²) in [6, 6.07) is 0. The van der Waals surface area contributed by atoms with Crippen molar-refractivity contribution in [3.8, 4) is 0 Å². The van der Waals surface area contributed by atoms with Crippen LogP contribution in [0.5, 0.6) is 0 Å². The Hall–Kier alpha value is -0.570. The molecule has 0 radical (unpaired) electrons. The van der Waals surface area contributed by atoms with Gasteiger partial charge in [0.15, 0.2) is 0 Å². The summed E-state index contributed by atoms with van der Waals surface area (Å²) in [6.45, 7) is 6.41. The summed E-state index contributed by atoms with van der Waals surface area (Å²) in [5, 5.41) is 3.43. The molecular formula is C15H26N2O. The second-order valence-corrected chi connectivity index (χ2v) is 7.23. The van der Waals surface area contributed by atoms with Crippen LogP contribution in [0.1, 0.15) is 58.8 Å². The number of amides is 1. The van der Waals surface area contributed by atoms with Crippen molar-refractivity contribution in [1.29, 1.82) is 0 Å². The Morgan fingerprint density at radius 2 is 1.89 bits per heavy atom. The topological polar surface area (TPSA) is 32.3 Å². The van der Waals surface area contributed by atoms with E-state index in [1.54, 1.807) is 0 Å². The number of carbonyl (C=O) groups is 1. The molecule has 3 fully saturated rings. The third-order valence-corrected chi connectivity index (χ3v) is 5.09. The van der Waals surface area contributed by atoms with Crippen LogP contribution in [0.3, 0.4) is 0 Å². The van der Waals surface area contributed by atoms with Crippen LogP contribution in [0.15, 0.2) is 0 Å². The van der Waals surface area contributed by atoms with Gasteiger partial charge < -0.3 is 4.90 Å². The van der Waals surface area contributed by atoms with Gasteiger partial charge in [-0.3, -0.25) is 10.1 Å². The Labute approximate surface area is 110 Å². The normalized spacial score (nSPS) is 28.6. The molecule has 1 saturated heterocycles. The summed E-state index contributed by atoms with van der Waals surface area (Å²) in [5.74, 6) is 1.13. The largest absolute Gasteiger partial charge is 0.328 e. The number of rotatable bonds is 4. The van der Waals surface area contributed by atoms with E-state index in [0.29, 0.717) is 11.3 Å². The van der Waals surface area contributed by atoms with E-state index in [4.69, 9.17) is 0 Å². The molecule has 3 rings (SSSR count). The summed E-state index contributed by atoms with van der Waals surface area (Å²) in [7, 11) is 0. The fraction of sp³-hybridized carbons (Fsp3) is 0.933. The predicted molar refractivity (Wildman–Crippen MR) is 72.0 cm³/mol. The lowest BCUT2D eigenvalue weighted by Crippen LogP contribution is -2.40. The molecule has 0 aromatic carbocycles. The molecule has 0 aromatic rings. The first-order chi connectivity index (χ1) is 8.55. The Kier molecular flexibility index (Phi) is 2.92. The molecule has 0 atom stereocenters. The first-order valence-corrected chi connectivity index (χ1v) is 7.60. The lowest BCUT2D eigenvalue weighted by atomic mass is 9.78. The minimum atomic E-state index is -0.113. The smallest absolute Gasteiger partial charge is 0.243 e. The van der Waals surface area contributed by atoms with Crippen molar-refractivity contribution >= 4 is 5.91 Å². The standard InChI is InChI=1S/C15H26N2O/c1-12(2)9-14(5-3-4-6-14)10-17-11-16-15(7-8-15)13(17)18/h12,16H,3-11H2,1-2H3. The van der Waals surface area contributed by atoms with Crippen LogP contribution >= 0.6 is 0 Å². The fourth-order valence-corrected chi connectivity index (χ4v) is 4.16. The molecule has 3 aliphatic rings. The van der Waals surface area contributed by atoms with E-state index in [9.17, 15) is 4.79 Å². The highest BCUT2D eigenvalue weighted by atomic mass is 16.2. The molecule has 0 unspecified atom stereocenters. The van der Waals surface area contributed by atoms with Gasteiger partial charge in [0, 0.05) is 6.54 Å². The van der Waals surface area contributed by atoms with Crippen LogP contribution in [0.25, 0.3) is 0 Å². The quantitative estimate of drug-likeness (QED) is 0.831. The molecule has 2 aliphatic carbocycles. The highest BCUT2D eigenvalue weighted by molar-refractivity contribution is 5.91. The van der Waals surface area contributed by atoms with Crippen molar-refractivity contribution in [2.24, 2.45) is 11.3 Å². The summed E-state index contributed by atoms with van der Waals surface area (Å²) in [6.07, 6.45) is 8.74. The van der Waals surface area contributed by atoms with Crippen LogP contribution in [0.4, 0.5) is 0 Å². The van der Waals surface area contributed by atoms with Crippen LogP contribution in [0.2, 0.25) is 0 Å². The van der Waals surface area contributed by atoms with Gasteiger partial charge in [-0.15, -0.1) is 0 Å². The molecule has 2 saturated carbocycles. The first-order valence-electron chi connectivity index (χ1n) is 7.60. The predicted octanol–water partition coefficient (Wildman–Crippen LogP) is 2.51. The van der Waals surface area contributed by atoms with Gasteiger partial charge in [0.25, 0.3) is 0 Å². The van der Waals surface area contributed by atoms with Gasteiger partial charge in [-0.05, 0) is 43.4 Å². The monoisotopic (exact) mass is 250 g/mol. The maximum absolute atomic E-state index is 12.4. The second-order valence-electron chi connectivity index (χ2n) is 7.23. The van der Waals surface area contributed by atoms with Crippen molar-refractivity contribution in [3.05, 3.63) is 0 Å². The Balaban J connectivity index is 1.68. The Bertz CT molecular complexity index is 340. The zero-order valence-corrected chi connectivity index (χ0v) is 11.8. The van der Waals surface area contributed by atoms with Crippen LogP contribution in [-0.2, 0) is 4.79 Å². The van der Waals surface area contributed by atoms with Crippen molar-refractivity contribution in [2.75, 3.05) is 13.2 Å². The first kappa shape index (κ1) is 12.5. The molecule has 3 heteroatoms. The molecule has 1 N–H and O–H groups in total. The average molecular weight is 250 g/mol. The van der Waals surface area contributed by atoms with Crippen LogP contribution in [0, 0.1) is 11.3 Å². The van der Waals surface area contributed by atoms with Gasteiger partial charge >= 0.3 is 0 Å². The van der Waals surface area contributed by atoms with E-state index >= 15 is 0 Å². The minimum absolute atomic E-state index is 0.113. The molecule has 1 heterocycles. The maximum Gasteiger partial charge on any atom is 0.243 e. The van der Waals surface area contributed by atoms with E-state index in [0.717, 1.165) is 32.0 Å². The maximum atomic E-state index is 12.4. The second kappa shape index (κ2) is 4.22. The number of nitrogens with one attached hydrogen (secondary N) is 1. The van der Waals surface area contributed by atoms with E-state index in [1.807, 2.05) is 0 Å². The van der Waals surface area contributed by atoms with Crippen molar-refractivity contribution in [3.63, 3.8) is 0 Å². The molecule has 102 valence electrons. The number of nitrogens with zero attached hydrogens (tertiary/aromatic N) is 1. The zero-order chi connectivity index (χ0) is 12.8. The Morgan fingerprint density at radius 3 is 2.39 bits per heavy atom. The highest BCUT2D eigenvalue weighted by Crippen LogP contribution is 2.46. The Morgan fingerprint density at radius 1 is 1.22 bits per heavy atom. The third-order valence-electron chi connectivity index (χ3n) is 5.09. The molecule has 1 spiro atoms. The van der Waals surface area contributed by atoms with E-state index in [1.165, 1.54) is 32.1 Å². The van der Waals surface area contributed by atoms with Gasteiger partial charge in [-0.25, -0.2) is 0 Å². The summed E-state index contributed by atoms with van der Waals surface area (Å²) < 4.78 is 0. The molecule has 1 amide bonds. The van der Waals surface area contributed by atoms with Crippen molar-refractivity contribution in [2.45, 2.75) is 64.3 Å². The van der Waals surface area contributed by atoms with Gasteiger partial charge in [0.2, 0.25) is 5.91 Å².